The molecule has 0 atom stereocenters. The van der Waals surface area contributed by atoms with Crippen LogP contribution in [0.4, 0.5) is 0 Å². The topological polar surface area (TPSA) is 74.0 Å². The molecule has 1 aromatic heterocycles. The maximum absolute atomic E-state index is 12.0. The van der Waals surface area contributed by atoms with E-state index in [1.807, 2.05) is 12.1 Å². The number of carbonyl (C=O) groups is 2. The highest BCUT2D eigenvalue weighted by Gasteiger charge is 2.11. The van der Waals surface area contributed by atoms with Crippen LogP contribution in [0, 0.1) is 0 Å². The van der Waals surface area contributed by atoms with Crippen LogP contribution in [0.15, 0.2) is 30.5 Å². The van der Waals surface area contributed by atoms with Crippen LogP contribution in [0.3, 0.4) is 0 Å². The van der Waals surface area contributed by atoms with Gasteiger partial charge in [0.15, 0.2) is 0 Å². The number of amides is 2. The molecule has 100 valence electrons. The Bertz CT molecular complexity index is 594. The Balaban J connectivity index is 2.00. The van der Waals surface area contributed by atoms with E-state index >= 15 is 0 Å². The molecule has 0 aliphatic carbocycles. The van der Waals surface area contributed by atoms with Crippen LogP contribution in [-0.4, -0.2) is 35.6 Å². The fourth-order valence-corrected chi connectivity index (χ4v) is 1.91. The smallest absolute Gasteiger partial charge is 0.252 e. The first-order chi connectivity index (χ1) is 9.22. The summed E-state index contributed by atoms with van der Waals surface area (Å²) in [7, 11) is 0. The van der Waals surface area contributed by atoms with Crippen LogP contribution >= 0.6 is 12.6 Å². The molecule has 0 bridgehead atoms. The minimum Gasteiger partial charge on any atom is -0.361 e. The number of thiol groups is 1. The van der Waals surface area contributed by atoms with Crippen LogP contribution in [0.5, 0.6) is 0 Å². The fraction of sp³-hybridized carbons (Fsp3) is 0.231. The van der Waals surface area contributed by atoms with Crippen molar-refractivity contribution in [3.05, 3.63) is 36.0 Å². The van der Waals surface area contributed by atoms with Crippen LogP contribution in [0.1, 0.15) is 10.4 Å². The minimum absolute atomic E-state index is 0.0343. The van der Waals surface area contributed by atoms with Crippen LogP contribution in [0.2, 0.25) is 0 Å². The van der Waals surface area contributed by atoms with Crippen LogP contribution in [0.25, 0.3) is 10.9 Å². The normalized spacial score (nSPS) is 10.4. The molecule has 2 amide bonds. The maximum atomic E-state index is 12.0. The second-order valence-electron chi connectivity index (χ2n) is 4.00. The van der Waals surface area contributed by atoms with E-state index in [0.29, 0.717) is 17.9 Å². The fourth-order valence-electron chi connectivity index (χ4n) is 1.80. The first-order valence-corrected chi connectivity index (χ1v) is 6.57. The van der Waals surface area contributed by atoms with E-state index in [1.54, 1.807) is 18.3 Å². The van der Waals surface area contributed by atoms with Crippen molar-refractivity contribution in [2.75, 3.05) is 18.8 Å². The molecule has 2 aromatic rings. The summed E-state index contributed by atoms with van der Waals surface area (Å²) in [6, 6.07) is 7.27. The third kappa shape index (κ3) is 3.29. The number of H-pyrrole nitrogens is 1. The highest BCUT2D eigenvalue weighted by molar-refractivity contribution is 7.80. The zero-order valence-electron chi connectivity index (χ0n) is 10.3. The van der Waals surface area contributed by atoms with E-state index in [1.165, 1.54) is 0 Å². The monoisotopic (exact) mass is 277 g/mol. The average molecular weight is 277 g/mol. The lowest BCUT2D eigenvalue weighted by Gasteiger charge is -2.06. The molecule has 3 N–H and O–H groups in total. The molecule has 6 heteroatoms. The molecule has 0 saturated heterocycles. The Hall–Kier alpha value is -1.95. The van der Waals surface area contributed by atoms with Gasteiger partial charge < -0.3 is 15.6 Å². The molecule has 0 unspecified atom stereocenters. The molecule has 0 aliphatic rings. The number of fused-ring (bicyclic) bond motifs is 1. The summed E-state index contributed by atoms with van der Waals surface area (Å²) in [5.74, 6) is 0.0948. The zero-order chi connectivity index (χ0) is 13.7. The van der Waals surface area contributed by atoms with Gasteiger partial charge in [0.25, 0.3) is 5.91 Å². The van der Waals surface area contributed by atoms with Crippen molar-refractivity contribution in [3.8, 4) is 0 Å². The molecule has 1 aromatic carbocycles. The van der Waals surface area contributed by atoms with Gasteiger partial charge in [0.1, 0.15) is 0 Å². The van der Waals surface area contributed by atoms with Crippen molar-refractivity contribution in [2.24, 2.45) is 0 Å². The number of hydrogen-bond acceptors (Lipinski definition) is 3. The number of rotatable bonds is 5. The summed E-state index contributed by atoms with van der Waals surface area (Å²) in [5.41, 5.74) is 1.45. The summed E-state index contributed by atoms with van der Waals surface area (Å²) < 4.78 is 0. The predicted octanol–water partition coefficient (Wildman–Crippen LogP) is 0.944. The van der Waals surface area contributed by atoms with Gasteiger partial charge in [-0.3, -0.25) is 9.59 Å². The molecule has 0 aliphatic heterocycles. The number of aromatic amines is 1. The summed E-state index contributed by atoms with van der Waals surface area (Å²) in [5, 5.41) is 6.08. The summed E-state index contributed by atoms with van der Waals surface area (Å²) >= 11 is 3.99. The Morgan fingerprint density at radius 1 is 1.21 bits per heavy atom. The van der Waals surface area contributed by atoms with E-state index in [0.717, 1.165) is 10.9 Å². The average Bonchev–Trinajstić information content (AvgIpc) is 2.90. The minimum atomic E-state index is -0.258. The van der Waals surface area contributed by atoms with Gasteiger partial charge >= 0.3 is 0 Å². The van der Waals surface area contributed by atoms with E-state index in [2.05, 4.69) is 28.2 Å². The van der Waals surface area contributed by atoms with Gasteiger partial charge in [-0.1, -0.05) is 6.07 Å². The van der Waals surface area contributed by atoms with Crippen LogP contribution in [-0.2, 0) is 4.79 Å². The Kier molecular flexibility index (Phi) is 4.46. The van der Waals surface area contributed by atoms with Gasteiger partial charge in [0.05, 0.1) is 6.54 Å². The zero-order valence-corrected chi connectivity index (χ0v) is 11.2. The van der Waals surface area contributed by atoms with E-state index in [4.69, 9.17) is 0 Å². The van der Waals surface area contributed by atoms with Crippen molar-refractivity contribution < 1.29 is 9.59 Å². The molecule has 1 heterocycles. The number of nitrogens with one attached hydrogen (secondary N) is 3. The molecule has 19 heavy (non-hydrogen) atoms. The molecule has 0 spiro atoms. The third-order valence-electron chi connectivity index (χ3n) is 2.68. The van der Waals surface area contributed by atoms with Crippen molar-refractivity contribution in [1.82, 2.24) is 15.6 Å². The van der Waals surface area contributed by atoms with Crippen molar-refractivity contribution in [1.29, 1.82) is 0 Å². The van der Waals surface area contributed by atoms with E-state index < -0.39 is 0 Å². The highest BCUT2D eigenvalue weighted by Crippen LogP contribution is 2.16. The van der Waals surface area contributed by atoms with E-state index in [-0.39, 0.29) is 18.4 Å². The quantitative estimate of drug-likeness (QED) is 0.614. The largest absolute Gasteiger partial charge is 0.361 e. The molecule has 0 fully saturated rings. The van der Waals surface area contributed by atoms with Gasteiger partial charge in [0, 0.05) is 35.0 Å². The number of carbonyl (C=O) groups excluding carboxylic acids is 2. The van der Waals surface area contributed by atoms with Gasteiger partial charge in [-0.15, -0.1) is 0 Å². The second kappa shape index (κ2) is 6.29. The van der Waals surface area contributed by atoms with Crippen molar-refractivity contribution in [3.63, 3.8) is 0 Å². The summed E-state index contributed by atoms with van der Waals surface area (Å²) in [6.45, 7) is 0.457. The number of hydrogen-bond donors (Lipinski definition) is 4. The van der Waals surface area contributed by atoms with Gasteiger partial charge in [-0.25, -0.2) is 0 Å². The SMILES string of the molecule is O=C(CNC(=O)c1cccc2[nH]ccc12)NCCS. The Morgan fingerprint density at radius 3 is 2.84 bits per heavy atom. The predicted molar refractivity (Wildman–Crippen MR) is 77.5 cm³/mol. The molecular weight excluding hydrogens is 262 g/mol. The maximum Gasteiger partial charge on any atom is 0.252 e. The Morgan fingerprint density at radius 2 is 2.05 bits per heavy atom. The number of aromatic nitrogens is 1. The highest BCUT2D eigenvalue weighted by atomic mass is 32.1. The van der Waals surface area contributed by atoms with Gasteiger partial charge in [0.2, 0.25) is 5.91 Å². The summed E-state index contributed by atoms with van der Waals surface area (Å²) in [6.07, 6.45) is 1.78. The standard InChI is InChI=1S/C13H15N3O2S/c17-12(15-6-7-19)8-16-13(18)10-2-1-3-11-9(10)4-5-14-11/h1-5,14,19H,6-8H2,(H,15,17)(H,16,18). The molecule has 0 radical (unpaired) electrons. The molecule has 0 saturated carbocycles. The second-order valence-corrected chi connectivity index (χ2v) is 4.45. The lowest BCUT2D eigenvalue weighted by atomic mass is 10.1. The lowest BCUT2D eigenvalue weighted by Crippen LogP contribution is -2.37. The molecular formula is C13H15N3O2S. The summed E-state index contributed by atoms with van der Waals surface area (Å²) in [4.78, 5) is 26.4. The van der Waals surface area contributed by atoms with Crippen molar-refractivity contribution in [2.45, 2.75) is 0 Å². The third-order valence-corrected chi connectivity index (χ3v) is 2.91. The first-order valence-electron chi connectivity index (χ1n) is 5.94. The lowest BCUT2D eigenvalue weighted by molar-refractivity contribution is -0.120. The van der Waals surface area contributed by atoms with Crippen LogP contribution < -0.4 is 10.6 Å². The van der Waals surface area contributed by atoms with E-state index in [9.17, 15) is 9.59 Å². The molecule has 2 rings (SSSR count). The molecule has 5 nitrogen and oxygen atoms in total. The number of benzene rings is 1. The van der Waals surface area contributed by atoms with Gasteiger partial charge in [-0.05, 0) is 18.2 Å². The first kappa shape index (κ1) is 13.5. The Labute approximate surface area is 116 Å². The van der Waals surface area contributed by atoms with Gasteiger partial charge in [-0.2, -0.15) is 12.6 Å². The van der Waals surface area contributed by atoms with Crippen molar-refractivity contribution >= 4 is 35.3 Å².